The molecule has 3 amide bonds. The third-order valence-corrected chi connectivity index (χ3v) is 5.17. The van der Waals surface area contributed by atoms with Crippen molar-refractivity contribution in [3.8, 4) is 11.3 Å². The van der Waals surface area contributed by atoms with Gasteiger partial charge in [0.2, 0.25) is 5.91 Å². The van der Waals surface area contributed by atoms with Crippen LogP contribution in [-0.2, 0) is 11.2 Å². The molecular weight excluding hydrogens is 404 g/mol. The average Bonchev–Trinajstić information content (AvgIpc) is 3.27. The van der Waals surface area contributed by atoms with Crippen LogP contribution >= 0.6 is 0 Å². The predicted octanol–water partition coefficient (Wildman–Crippen LogP) is 4.58. The Morgan fingerprint density at radius 1 is 1.03 bits per heavy atom. The van der Waals surface area contributed by atoms with E-state index in [2.05, 4.69) is 15.8 Å². The second-order valence-corrected chi connectivity index (χ2v) is 8.09. The second-order valence-electron chi connectivity index (χ2n) is 8.09. The lowest BCUT2D eigenvalue weighted by Gasteiger charge is -2.27. The molecule has 2 N–H and O–H groups in total. The summed E-state index contributed by atoms with van der Waals surface area (Å²) in [5.41, 5.74) is 2.49. The molecule has 32 heavy (non-hydrogen) atoms. The largest absolute Gasteiger partial charge is 0.361 e. The number of anilines is 1. The van der Waals surface area contributed by atoms with Crippen molar-refractivity contribution < 1.29 is 14.1 Å². The molecule has 0 saturated heterocycles. The molecule has 1 heterocycles. The van der Waals surface area contributed by atoms with Crippen molar-refractivity contribution in [1.29, 1.82) is 0 Å². The first-order chi connectivity index (χ1) is 15.4. The SMILES string of the molecule is CC(C)C(NC(=O)Nc1ccccc1)C(=O)N(C)CCCc1cc(-c2ccccc2)no1. The van der Waals surface area contributed by atoms with Crippen molar-refractivity contribution in [2.45, 2.75) is 32.7 Å². The Morgan fingerprint density at radius 3 is 2.34 bits per heavy atom. The molecule has 7 heteroatoms. The van der Waals surface area contributed by atoms with Gasteiger partial charge in [-0.2, -0.15) is 0 Å². The number of nitrogens with zero attached hydrogens (tertiary/aromatic N) is 2. The molecule has 7 nitrogen and oxygen atoms in total. The van der Waals surface area contributed by atoms with Crippen LogP contribution in [0.2, 0.25) is 0 Å². The molecule has 0 spiro atoms. The highest BCUT2D eigenvalue weighted by molar-refractivity contribution is 5.93. The van der Waals surface area contributed by atoms with E-state index in [0.29, 0.717) is 18.7 Å². The number of aromatic nitrogens is 1. The van der Waals surface area contributed by atoms with Crippen LogP contribution in [0.1, 0.15) is 26.0 Å². The van der Waals surface area contributed by atoms with Crippen molar-refractivity contribution in [2.75, 3.05) is 18.9 Å². The van der Waals surface area contributed by atoms with Gasteiger partial charge >= 0.3 is 6.03 Å². The minimum atomic E-state index is -0.612. The molecule has 0 radical (unpaired) electrons. The maximum absolute atomic E-state index is 13.0. The maximum atomic E-state index is 13.0. The highest BCUT2D eigenvalue weighted by Gasteiger charge is 2.27. The zero-order valence-electron chi connectivity index (χ0n) is 18.7. The summed E-state index contributed by atoms with van der Waals surface area (Å²) in [6.07, 6.45) is 1.40. The van der Waals surface area contributed by atoms with Crippen molar-refractivity contribution in [2.24, 2.45) is 5.92 Å². The minimum Gasteiger partial charge on any atom is -0.361 e. The third kappa shape index (κ3) is 6.44. The van der Waals surface area contributed by atoms with Crippen LogP contribution in [0.15, 0.2) is 71.3 Å². The van der Waals surface area contributed by atoms with E-state index in [9.17, 15) is 9.59 Å². The molecule has 0 aliphatic carbocycles. The summed E-state index contributed by atoms with van der Waals surface area (Å²) in [6.45, 7) is 4.38. The molecule has 0 aliphatic rings. The number of amides is 3. The minimum absolute atomic E-state index is 0.0471. The molecule has 1 unspecified atom stereocenters. The first-order valence-corrected chi connectivity index (χ1v) is 10.8. The van der Waals surface area contributed by atoms with Crippen LogP contribution in [0.25, 0.3) is 11.3 Å². The highest BCUT2D eigenvalue weighted by Crippen LogP contribution is 2.19. The molecule has 0 bridgehead atoms. The van der Waals surface area contributed by atoms with E-state index >= 15 is 0 Å². The number of aryl methyl sites for hydroxylation is 1. The van der Waals surface area contributed by atoms with Crippen molar-refractivity contribution in [3.63, 3.8) is 0 Å². The van der Waals surface area contributed by atoms with Gasteiger partial charge in [0.25, 0.3) is 0 Å². The lowest BCUT2D eigenvalue weighted by molar-refractivity contribution is -0.133. The molecule has 3 rings (SSSR count). The maximum Gasteiger partial charge on any atom is 0.319 e. The fourth-order valence-electron chi connectivity index (χ4n) is 3.36. The number of para-hydroxylation sites is 1. The van der Waals surface area contributed by atoms with Gasteiger partial charge < -0.3 is 20.1 Å². The van der Waals surface area contributed by atoms with E-state index in [-0.39, 0.29) is 11.8 Å². The Hall–Kier alpha value is -3.61. The van der Waals surface area contributed by atoms with Gasteiger partial charge in [-0.3, -0.25) is 4.79 Å². The number of urea groups is 1. The van der Waals surface area contributed by atoms with Crippen LogP contribution in [0.5, 0.6) is 0 Å². The Labute approximate surface area is 188 Å². The van der Waals surface area contributed by atoms with E-state index in [0.717, 1.165) is 23.4 Å². The zero-order chi connectivity index (χ0) is 22.9. The number of nitrogens with one attached hydrogen (secondary N) is 2. The summed E-state index contributed by atoms with van der Waals surface area (Å²) in [6, 6.07) is 19.9. The van der Waals surface area contributed by atoms with Gasteiger partial charge in [0, 0.05) is 37.3 Å². The second kappa shape index (κ2) is 11.1. The van der Waals surface area contributed by atoms with E-state index in [1.54, 1.807) is 24.1 Å². The Balaban J connectivity index is 1.49. The summed E-state index contributed by atoms with van der Waals surface area (Å²) in [7, 11) is 1.75. The van der Waals surface area contributed by atoms with Gasteiger partial charge in [-0.15, -0.1) is 0 Å². The van der Waals surface area contributed by atoms with Crippen molar-refractivity contribution in [1.82, 2.24) is 15.4 Å². The smallest absolute Gasteiger partial charge is 0.319 e. The van der Waals surface area contributed by atoms with Crippen LogP contribution in [0, 0.1) is 5.92 Å². The Kier molecular flexibility index (Phi) is 8.02. The topological polar surface area (TPSA) is 87.5 Å². The van der Waals surface area contributed by atoms with E-state index in [1.165, 1.54) is 0 Å². The first kappa shape index (κ1) is 23.1. The van der Waals surface area contributed by atoms with Crippen LogP contribution in [0.3, 0.4) is 0 Å². The van der Waals surface area contributed by atoms with Gasteiger partial charge in [0.15, 0.2) is 0 Å². The number of benzene rings is 2. The molecule has 168 valence electrons. The molecule has 1 atom stereocenters. The molecule has 2 aromatic carbocycles. The lowest BCUT2D eigenvalue weighted by atomic mass is 10.0. The Bertz CT molecular complexity index is 1000. The Morgan fingerprint density at radius 2 is 1.69 bits per heavy atom. The summed E-state index contributed by atoms with van der Waals surface area (Å²) in [4.78, 5) is 27.0. The predicted molar refractivity (Wildman–Crippen MR) is 125 cm³/mol. The normalized spacial score (nSPS) is 11.8. The summed E-state index contributed by atoms with van der Waals surface area (Å²) >= 11 is 0. The summed E-state index contributed by atoms with van der Waals surface area (Å²) < 4.78 is 5.44. The number of carbonyl (C=O) groups is 2. The van der Waals surface area contributed by atoms with Crippen LogP contribution < -0.4 is 10.6 Å². The van der Waals surface area contributed by atoms with Gasteiger partial charge in [0.05, 0.1) is 0 Å². The number of likely N-dealkylation sites (N-methyl/N-ethyl adjacent to an activating group) is 1. The molecular formula is C25H30N4O3. The molecule has 1 aromatic heterocycles. The molecule has 3 aromatic rings. The third-order valence-electron chi connectivity index (χ3n) is 5.17. The van der Waals surface area contributed by atoms with Gasteiger partial charge in [-0.25, -0.2) is 4.79 Å². The van der Waals surface area contributed by atoms with Crippen LogP contribution in [-0.4, -0.2) is 41.6 Å². The summed E-state index contributed by atoms with van der Waals surface area (Å²) in [5, 5.41) is 9.69. The van der Waals surface area contributed by atoms with Gasteiger partial charge in [-0.1, -0.05) is 67.5 Å². The zero-order valence-corrected chi connectivity index (χ0v) is 18.7. The number of hydrogen-bond acceptors (Lipinski definition) is 4. The summed E-state index contributed by atoms with van der Waals surface area (Å²) in [5.74, 6) is 0.616. The highest BCUT2D eigenvalue weighted by atomic mass is 16.5. The fraction of sp³-hybridized carbons (Fsp3) is 0.320. The van der Waals surface area contributed by atoms with E-state index in [4.69, 9.17) is 4.52 Å². The fourth-order valence-corrected chi connectivity index (χ4v) is 3.36. The van der Waals surface area contributed by atoms with Gasteiger partial charge in [0.1, 0.15) is 17.5 Å². The number of rotatable bonds is 9. The number of hydrogen-bond donors (Lipinski definition) is 2. The molecule has 0 fully saturated rings. The van der Waals surface area contributed by atoms with Gasteiger partial charge in [-0.05, 0) is 24.5 Å². The van der Waals surface area contributed by atoms with Crippen molar-refractivity contribution >= 4 is 17.6 Å². The average molecular weight is 435 g/mol. The van der Waals surface area contributed by atoms with Crippen molar-refractivity contribution in [3.05, 3.63) is 72.5 Å². The quantitative estimate of drug-likeness (QED) is 0.516. The lowest BCUT2D eigenvalue weighted by Crippen LogP contribution is -2.51. The monoisotopic (exact) mass is 434 g/mol. The van der Waals surface area contributed by atoms with E-state index in [1.807, 2.05) is 68.4 Å². The van der Waals surface area contributed by atoms with Crippen LogP contribution in [0.4, 0.5) is 10.5 Å². The molecule has 0 aliphatic heterocycles. The number of carbonyl (C=O) groups excluding carboxylic acids is 2. The first-order valence-electron chi connectivity index (χ1n) is 10.8. The standard InChI is InChI=1S/C25H30N4O3/c1-18(2)23(27-25(31)26-20-13-8-5-9-14-20)24(30)29(3)16-10-15-21-17-22(28-32-21)19-11-6-4-7-12-19/h4-9,11-14,17-18,23H,10,15-16H2,1-3H3,(H2,26,27,31). The van der Waals surface area contributed by atoms with E-state index < -0.39 is 12.1 Å². The molecule has 0 saturated carbocycles.